The molecule has 17 heavy (non-hydrogen) atoms. The minimum Gasteiger partial charge on any atom is -0.313 e. The minimum atomic E-state index is -0.205. The lowest BCUT2D eigenvalue weighted by Crippen LogP contribution is -2.26. The van der Waals surface area contributed by atoms with Crippen LogP contribution in [0.1, 0.15) is 51.1 Å². The van der Waals surface area contributed by atoms with Crippen LogP contribution in [0.2, 0.25) is 0 Å². The second-order valence-corrected chi connectivity index (χ2v) is 4.50. The van der Waals surface area contributed by atoms with Gasteiger partial charge in [0.2, 0.25) is 0 Å². The van der Waals surface area contributed by atoms with Crippen LogP contribution in [0.4, 0.5) is 4.39 Å². The lowest BCUT2D eigenvalue weighted by Gasteiger charge is -2.27. The van der Waals surface area contributed by atoms with Gasteiger partial charge in [0.15, 0.2) is 0 Å². The van der Waals surface area contributed by atoms with E-state index >= 15 is 0 Å². The Labute approximate surface area is 104 Å². The average molecular weight is 238 g/mol. The number of aromatic nitrogens is 1. The fourth-order valence-electron chi connectivity index (χ4n) is 2.50. The van der Waals surface area contributed by atoms with E-state index in [-0.39, 0.29) is 11.9 Å². The standard InChI is InChI=1S/C14H23FN2/c1-4-6-11(7-5-2)14(16-3)12-8-9-17-10-13(12)15/h8-11,14,16H,4-7H2,1-3H3. The largest absolute Gasteiger partial charge is 0.313 e. The van der Waals surface area contributed by atoms with Gasteiger partial charge < -0.3 is 5.32 Å². The molecule has 0 aliphatic heterocycles. The van der Waals surface area contributed by atoms with Gasteiger partial charge in [-0.05, 0) is 31.9 Å². The van der Waals surface area contributed by atoms with Crippen molar-refractivity contribution in [1.29, 1.82) is 0 Å². The highest BCUT2D eigenvalue weighted by molar-refractivity contribution is 5.18. The van der Waals surface area contributed by atoms with Gasteiger partial charge in [-0.1, -0.05) is 26.7 Å². The minimum absolute atomic E-state index is 0.0953. The second-order valence-electron chi connectivity index (χ2n) is 4.50. The zero-order valence-electron chi connectivity index (χ0n) is 11.0. The number of halogens is 1. The van der Waals surface area contributed by atoms with Gasteiger partial charge in [-0.15, -0.1) is 0 Å². The molecular weight excluding hydrogens is 215 g/mol. The topological polar surface area (TPSA) is 24.9 Å². The van der Waals surface area contributed by atoms with Crippen molar-refractivity contribution in [2.75, 3.05) is 7.05 Å². The molecule has 1 N–H and O–H groups in total. The maximum Gasteiger partial charge on any atom is 0.146 e. The monoisotopic (exact) mass is 238 g/mol. The summed E-state index contributed by atoms with van der Waals surface area (Å²) in [6.45, 7) is 4.36. The summed E-state index contributed by atoms with van der Waals surface area (Å²) >= 11 is 0. The summed E-state index contributed by atoms with van der Waals surface area (Å²) in [6, 6.07) is 1.88. The maximum absolute atomic E-state index is 13.8. The number of nitrogens with zero attached hydrogens (tertiary/aromatic N) is 1. The Kier molecular flexibility index (Phi) is 6.12. The van der Waals surface area contributed by atoms with Crippen LogP contribution < -0.4 is 5.32 Å². The van der Waals surface area contributed by atoms with Crippen molar-refractivity contribution >= 4 is 0 Å². The molecule has 0 aliphatic rings. The zero-order chi connectivity index (χ0) is 12.7. The second kappa shape index (κ2) is 7.38. The Bertz CT molecular complexity index is 322. The molecular formula is C14H23FN2. The molecule has 0 fully saturated rings. The Morgan fingerprint density at radius 3 is 2.41 bits per heavy atom. The molecule has 0 aromatic carbocycles. The first kappa shape index (κ1) is 14.1. The van der Waals surface area contributed by atoms with E-state index in [4.69, 9.17) is 0 Å². The van der Waals surface area contributed by atoms with Crippen LogP contribution in [-0.2, 0) is 0 Å². The summed E-state index contributed by atoms with van der Waals surface area (Å²) in [5.74, 6) is 0.288. The quantitative estimate of drug-likeness (QED) is 0.783. The van der Waals surface area contributed by atoms with E-state index in [2.05, 4.69) is 24.1 Å². The predicted molar refractivity (Wildman–Crippen MR) is 69.3 cm³/mol. The molecule has 0 saturated heterocycles. The number of hydrogen-bond acceptors (Lipinski definition) is 2. The summed E-state index contributed by atoms with van der Waals surface area (Å²) in [6.07, 6.45) is 7.49. The molecule has 1 heterocycles. The predicted octanol–water partition coefficient (Wildman–Crippen LogP) is 3.70. The number of nitrogens with one attached hydrogen (secondary N) is 1. The molecule has 1 atom stereocenters. The number of hydrogen-bond donors (Lipinski definition) is 1. The zero-order valence-corrected chi connectivity index (χ0v) is 11.0. The highest BCUT2D eigenvalue weighted by Crippen LogP contribution is 2.30. The van der Waals surface area contributed by atoms with E-state index in [1.807, 2.05) is 7.05 Å². The molecule has 0 saturated carbocycles. The van der Waals surface area contributed by atoms with E-state index in [0.717, 1.165) is 31.2 Å². The number of pyridine rings is 1. The third-order valence-corrected chi connectivity index (χ3v) is 3.24. The molecule has 0 aliphatic carbocycles. The smallest absolute Gasteiger partial charge is 0.146 e. The fraction of sp³-hybridized carbons (Fsp3) is 0.643. The SMILES string of the molecule is CCCC(CCC)C(NC)c1ccncc1F. The summed E-state index contributed by atoms with van der Waals surface area (Å²) in [5, 5.41) is 3.26. The van der Waals surface area contributed by atoms with Crippen molar-refractivity contribution in [3.05, 3.63) is 29.8 Å². The van der Waals surface area contributed by atoms with E-state index in [0.29, 0.717) is 5.92 Å². The molecule has 3 heteroatoms. The van der Waals surface area contributed by atoms with E-state index in [1.54, 1.807) is 12.3 Å². The summed E-state index contributed by atoms with van der Waals surface area (Å²) in [4.78, 5) is 3.81. The van der Waals surface area contributed by atoms with Crippen molar-refractivity contribution in [3.63, 3.8) is 0 Å². The third-order valence-electron chi connectivity index (χ3n) is 3.24. The first-order valence-electron chi connectivity index (χ1n) is 6.51. The maximum atomic E-state index is 13.8. The Balaban J connectivity index is 2.91. The molecule has 0 amide bonds. The van der Waals surface area contributed by atoms with Gasteiger partial charge in [-0.2, -0.15) is 0 Å². The molecule has 1 unspecified atom stereocenters. The molecule has 2 nitrogen and oxygen atoms in total. The first-order chi connectivity index (χ1) is 8.24. The fourth-order valence-corrected chi connectivity index (χ4v) is 2.50. The van der Waals surface area contributed by atoms with Gasteiger partial charge in [0, 0.05) is 17.8 Å². The van der Waals surface area contributed by atoms with Gasteiger partial charge in [-0.25, -0.2) is 4.39 Å². The highest BCUT2D eigenvalue weighted by atomic mass is 19.1. The molecule has 0 bridgehead atoms. The first-order valence-corrected chi connectivity index (χ1v) is 6.51. The van der Waals surface area contributed by atoms with Crippen LogP contribution in [0.15, 0.2) is 18.5 Å². The van der Waals surface area contributed by atoms with Crippen LogP contribution in [0.25, 0.3) is 0 Å². The third kappa shape index (κ3) is 3.77. The normalized spacial score (nSPS) is 13.0. The molecule has 1 rings (SSSR count). The van der Waals surface area contributed by atoms with Crippen molar-refractivity contribution in [2.24, 2.45) is 5.92 Å². The van der Waals surface area contributed by atoms with Crippen molar-refractivity contribution in [3.8, 4) is 0 Å². The van der Waals surface area contributed by atoms with Crippen LogP contribution in [0.3, 0.4) is 0 Å². The Morgan fingerprint density at radius 2 is 1.94 bits per heavy atom. The average Bonchev–Trinajstić information content (AvgIpc) is 2.33. The van der Waals surface area contributed by atoms with Gasteiger partial charge in [0.1, 0.15) is 5.82 Å². The molecule has 1 aromatic heterocycles. The van der Waals surface area contributed by atoms with Crippen LogP contribution >= 0.6 is 0 Å². The van der Waals surface area contributed by atoms with Gasteiger partial charge >= 0.3 is 0 Å². The number of rotatable bonds is 7. The molecule has 1 aromatic rings. The lowest BCUT2D eigenvalue weighted by atomic mass is 9.86. The summed E-state index contributed by atoms with van der Waals surface area (Å²) in [5.41, 5.74) is 0.745. The molecule has 0 radical (unpaired) electrons. The van der Waals surface area contributed by atoms with Crippen molar-refractivity contribution in [1.82, 2.24) is 10.3 Å². The lowest BCUT2D eigenvalue weighted by molar-refractivity contribution is 0.323. The van der Waals surface area contributed by atoms with E-state index in [9.17, 15) is 4.39 Å². The van der Waals surface area contributed by atoms with Crippen LogP contribution in [0.5, 0.6) is 0 Å². The Morgan fingerprint density at radius 1 is 1.29 bits per heavy atom. The summed E-state index contributed by atoms with van der Waals surface area (Å²) in [7, 11) is 1.91. The van der Waals surface area contributed by atoms with E-state index in [1.165, 1.54) is 6.20 Å². The molecule has 96 valence electrons. The van der Waals surface area contributed by atoms with Gasteiger partial charge in [-0.3, -0.25) is 4.98 Å². The Hall–Kier alpha value is -0.960. The van der Waals surface area contributed by atoms with Crippen LogP contribution in [-0.4, -0.2) is 12.0 Å². The van der Waals surface area contributed by atoms with Crippen molar-refractivity contribution < 1.29 is 4.39 Å². The van der Waals surface area contributed by atoms with Gasteiger partial charge in [0.25, 0.3) is 0 Å². The highest BCUT2D eigenvalue weighted by Gasteiger charge is 2.22. The van der Waals surface area contributed by atoms with Crippen molar-refractivity contribution in [2.45, 2.75) is 45.6 Å². The van der Waals surface area contributed by atoms with Crippen LogP contribution in [0, 0.1) is 11.7 Å². The summed E-state index contributed by atoms with van der Waals surface area (Å²) < 4.78 is 13.8. The van der Waals surface area contributed by atoms with E-state index < -0.39 is 0 Å². The molecule has 0 spiro atoms. The van der Waals surface area contributed by atoms with Gasteiger partial charge in [0.05, 0.1) is 6.20 Å².